The molecule has 0 unspecified atom stereocenters. The summed E-state index contributed by atoms with van der Waals surface area (Å²) in [5.74, 6) is 0.989. The minimum absolute atomic E-state index is 0.0833. The van der Waals surface area contributed by atoms with Gasteiger partial charge in [0.1, 0.15) is 17.3 Å². The zero-order chi connectivity index (χ0) is 20.1. The van der Waals surface area contributed by atoms with Crippen LogP contribution in [0, 0.1) is 0 Å². The van der Waals surface area contributed by atoms with E-state index in [4.69, 9.17) is 4.74 Å². The lowest BCUT2D eigenvalue weighted by atomic mass is 9.86. The molecule has 0 saturated heterocycles. The van der Waals surface area contributed by atoms with E-state index in [9.17, 15) is 4.79 Å². The Kier molecular flexibility index (Phi) is 5.59. The molecule has 3 aromatic rings. The molecule has 6 nitrogen and oxygen atoms in total. The van der Waals surface area contributed by atoms with Gasteiger partial charge in [-0.05, 0) is 29.2 Å². The van der Waals surface area contributed by atoms with Crippen LogP contribution in [0.5, 0.6) is 5.75 Å². The number of nitrogens with zero attached hydrogens (tertiary/aromatic N) is 2. The van der Waals surface area contributed by atoms with Crippen molar-refractivity contribution in [3.8, 4) is 5.75 Å². The highest BCUT2D eigenvalue weighted by molar-refractivity contribution is 6.03. The van der Waals surface area contributed by atoms with Gasteiger partial charge in [0.25, 0.3) is 5.91 Å². The molecule has 3 rings (SSSR count). The van der Waals surface area contributed by atoms with Crippen LogP contribution in [0.1, 0.15) is 36.8 Å². The van der Waals surface area contributed by atoms with E-state index >= 15 is 0 Å². The maximum atomic E-state index is 12.6. The number of hydrogen-bond acceptors (Lipinski definition) is 5. The fourth-order valence-electron chi connectivity index (χ4n) is 2.79. The molecule has 28 heavy (non-hydrogen) atoms. The van der Waals surface area contributed by atoms with Crippen molar-refractivity contribution < 1.29 is 9.53 Å². The second-order valence-corrected chi connectivity index (χ2v) is 7.39. The van der Waals surface area contributed by atoms with Crippen LogP contribution in [0.15, 0.2) is 60.9 Å². The molecule has 1 heterocycles. The van der Waals surface area contributed by atoms with Crippen LogP contribution in [0.3, 0.4) is 0 Å². The van der Waals surface area contributed by atoms with E-state index in [0.717, 1.165) is 22.7 Å². The minimum atomic E-state index is -0.294. The number of rotatable bonds is 5. The molecule has 0 bridgehead atoms. The number of carbonyl (C=O) groups is 1. The van der Waals surface area contributed by atoms with Gasteiger partial charge in [-0.15, -0.1) is 0 Å². The molecule has 0 spiro atoms. The summed E-state index contributed by atoms with van der Waals surface area (Å²) in [5.41, 5.74) is 2.83. The largest absolute Gasteiger partial charge is 0.497 e. The summed E-state index contributed by atoms with van der Waals surface area (Å²) < 4.78 is 5.20. The number of benzene rings is 2. The molecule has 2 N–H and O–H groups in total. The van der Waals surface area contributed by atoms with Gasteiger partial charge >= 0.3 is 0 Å². The van der Waals surface area contributed by atoms with Gasteiger partial charge < -0.3 is 15.4 Å². The molecule has 0 atom stereocenters. The highest BCUT2D eigenvalue weighted by Crippen LogP contribution is 2.29. The first-order chi connectivity index (χ1) is 13.4. The Morgan fingerprint density at radius 1 is 1.00 bits per heavy atom. The monoisotopic (exact) mass is 376 g/mol. The maximum Gasteiger partial charge on any atom is 0.275 e. The smallest absolute Gasteiger partial charge is 0.275 e. The maximum absolute atomic E-state index is 12.6. The fraction of sp³-hybridized carbons (Fsp3) is 0.227. The van der Waals surface area contributed by atoms with E-state index in [0.29, 0.717) is 5.82 Å². The first-order valence-electron chi connectivity index (χ1n) is 9.01. The molecule has 0 aliphatic heterocycles. The number of nitrogens with one attached hydrogen (secondary N) is 2. The number of anilines is 3. The third-order valence-corrected chi connectivity index (χ3v) is 4.21. The van der Waals surface area contributed by atoms with Gasteiger partial charge in [-0.1, -0.05) is 45.0 Å². The van der Waals surface area contributed by atoms with Crippen LogP contribution in [0.4, 0.5) is 17.2 Å². The van der Waals surface area contributed by atoms with E-state index in [2.05, 4.69) is 41.4 Å². The van der Waals surface area contributed by atoms with Crippen molar-refractivity contribution in [2.75, 3.05) is 17.7 Å². The average molecular weight is 376 g/mol. The summed E-state index contributed by atoms with van der Waals surface area (Å²) in [6.45, 7) is 6.32. The molecule has 2 aromatic carbocycles. The third kappa shape index (κ3) is 4.65. The van der Waals surface area contributed by atoms with Gasteiger partial charge in [0.2, 0.25) is 0 Å². The lowest BCUT2D eigenvalue weighted by molar-refractivity contribution is 0.102. The van der Waals surface area contributed by atoms with Gasteiger partial charge in [0, 0.05) is 17.4 Å². The number of aromatic nitrogens is 2. The molecule has 1 aromatic heterocycles. The lowest BCUT2D eigenvalue weighted by Crippen LogP contribution is -2.19. The van der Waals surface area contributed by atoms with Crippen molar-refractivity contribution in [3.63, 3.8) is 0 Å². The van der Waals surface area contributed by atoms with Gasteiger partial charge in [0.15, 0.2) is 0 Å². The number of carbonyl (C=O) groups excluding carboxylic acids is 1. The van der Waals surface area contributed by atoms with Crippen molar-refractivity contribution >= 4 is 23.1 Å². The molecular weight excluding hydrogens is 352 g/mol. The highest BCUT2D eigenvalue weighted by Gasteiger charge is 2.19. The Bertz CT molecular complexity index is 963. The number of ether oxygens (including phenoxy) is 1. The molecule has 144 valence electrons. The number of amides is 1. The van der Waals surface area contributed by atoms with Crippen molar-refractivity contribution in [1.82, 2.24) is 9.97 Å². The summed E-state index contributed by atoms with van der Waals surface area (Å²) >= 11 is 0. The zero-order valence-corrected chi connectivity index (χ0v) is 16.5. The van der Waals surface area contributed by atoms with Crippen LogP contribution in [-0.2, 0) is 5.41 Å². The lowest BCUT2D eigenvalue weighted by Gasteiger charge is -2.22. The van der Waals surface area contributed by atoms with Gasteiger partial charge in [-0.2, -0.15) is 0 Å². The fourth-order valence-corrected chi connectivity index (χ4v) is 2.79. The molecule has 0 aliphatic rings. The standard InChI is InChI=1S/C22H24N4O2/c1-22(2,3)17-10-5-6-11-18(17)26-21(27)19-13-24-20(14-23-19)25-15-8-7-9-16(12-15)28-4/h5-14H,1-4H3,(H,24,25)(H,26,27). The Morgan fingerprint density at radius 3 is 2.46 bits per heavy atom. The molecule has 0 saturated carbocycles. The quantitative estimate of drug-likeness (QED) is 0.670. The molecule has 6 heteroatoms. The summed E-state index contributed by atoms with van der Waals surface area (Å²) in [5, 5.41) is 6.08. The second-order valence-electron chi connectivity index (χ2n) is 7.39. The topological polar surface area (TPSA) is 76.1 Å². The Hall–Kier alpha value is -3.41. The van der Waals surface area contributed by atoms with Crippen molar-refractivity contribution in [3.05, 3.63) is 72.2 Å². The van der Waals surface area contributed by atoms with Gasteiger partial charge in [-0.3, -0.25) is 4.79 Å². The van der Waals surface area contributed by atoms with Crippen LogP contribution in [-0.4, -0.2) is 23.0 Å². The Labute approximate surface area is 165 Å². The Morgan fingerprint density at radius 2 is 1.79 bits per heavy atom. The van der Waals surface area contributed by atoms with E-state index in [-0.39, 0.29) is 17.0 Å². The molecule has 0 fully saturated rings. The zero-order valence-electron chi connectivity index (χ0n) is 16.5. The summed E-state index contributed by atoms with van der Waals surface area (Å²) in [6.07, 6.45) is 2.99. The highest BCUT2D eigenvalue weighted by atomic mass is 16.5. The predicted octanol–water partition coefficient (Wildman–Crippen LogP) is 4.78. The SMILES string of the molecule is COc1cccc(Nc2cnc(C(=O)Nc3ccccc3C(C)(C)C)cn2)c1. The van der Waals surface area contributed by atoms with E-state index < -0.39 is 0 Å². The first kappa shape index (κ1) is 19.4. The van der Waals surface area contributed by atoms with Crippen LogP contribution in [0.25, 0.3) is 0 Å². The predicted molar refractivity (Wildman–Crippen MR) is 111 cm³/mol. The molecular formula is C22H24N4O2. The molecule has 1 amide bonds. The van der Waals surface area contributed by atoms with Crippen molar-refractivity contribution in [1.29, 1.82) is 0 Å². The molecule has 0 radical (unpaired) electrons. The normalized spacial score (nSPS) is 11.0. The van der Waals surface area contributed by atoms with Crippen molar-refractivity contribution in [2.24, 2.45) is 0 Å². The van der Waals surface area contributed by atoms with Crippen LogP contribution >= 0.6 is 0 Å². The number of hydrogen-bond donors (Lipinski definition) is 2. The van der Waals surface area contributed by atoms with Crippen molar-refractivity contribution in [2.45, 2.75) is 26.2 Å². The first-order valence-corrected chi connectivity index (χ1v) is 9.01. The molecule has 0 aliphatic carbocycles. The van der Waals surface area contributed by atoms with E-state index in [1.165, 1.54) is 12.4 Å². The minimum Gasteiger partial charge on any atom is -0.497 e. The number of methoxy groups -OCH3 is 1. The van der Waals surface area contributed by atoms with Gasteiger partial charge in [-0.25, -0.2) is 9.97 Å². The summed E-state index contributed by atoms with van der Waals surface area (Å²) in [6, 6.07) is 15.3. The third-order valence-electron chi connectivity index (χ3n) is 4.21. The number of para-hydroxylation sites is 1. The van der Waals surface area contributed by atoms with E-state index in [1.54, 1.807) is 7.11 Å². The van der Waals surface area contributed by atoms with Crippen LogP contribution < -0.4 is 15.4 Å². The Balaban J connectivity index is 1.72. The van der Waals surface area contributed by atoms with E-state index in [1.807, 2.05) is 48.5 Å². The summed E-state index contributed by atoms with van der Waals surface area (Å²) in [4.78, 5) is 21.1. The summed E-state index contributed by atoms with van der Waals surface area (Å²) in [7, 11) is 1.62. The van der Waals surface area contributed by atoms with Gasteiger partial charge in [0.05, 0.1) is 19.5 Å². The van der Waals surface area contributed by atoms with Crippen LogP contribution in [0.2, 0.25) is 0 Å². The second kappa shape index (κ2) is 8.08. The average Bonchev–Trinajstić information content (AvgIpc) is 2.68.